The molecular weight excluding hydrogens is 264 g/mol. The van der Waals surface area contributed by atoms with Crippen molar-refractivity contribution in [2.75, 3.05) is 18.5 Å². The van der Waals surface area contributed by atoms with Crippen LogP contribution in [0.4, 0.5) is 5.69 Å². The molecule has 2 N–H and O–H groups in total. The zero-order valence-corrected chi connectivity index (χ0v) is 12.4. The van der Waals surface area contributed by atoms with Crippen LogP contribution < -0.4 is 15.4 Å². The SMILES string of the molecule is CCNC(C)CC(=O)Nc1cc(Cl)ccc1OCC. The average Bonchev–Trinajstić information content (AvgIpc) is 2.32. The third kappa shape index (κ3) is 5.49. The number of halogens is 1. The smallest absolute Gasteiger partial charge is 0.226 e. The van der Waals surface area contributed by atoms with E-state index in [-0.39, 0.29) is 11.9 Å². The van der Waals surface area contributed by atoms with Gasteiger partial charge in [0, 0.05) is 17.5 Å². The summed E-state index contributed by atoms with van der Waals surface area (Å²) in [6.07, 6.45) is 0.409. The van der Waals surface area contributed by atoms with Crippen molar-refractivity contribution in [3.05, 3.63) is 23.2 Å². The van der Waals surface area contributed by atoms with Gasteiger partial charge in [0.2, 0.25) is 5.91 Å². The Labute approximate surface area is 119 Å². The van der Waals surface area contributed by atoms with E-state index in [1.807, 2.05) is 20.8 Å². The molecule has 1 atom stereocenters. The molecule has 1 rings (SSSR count). The fraction of sp³-hybridized carbons (Fsp3) is 0.500. The van der Waals surface area contributed by atoms with Gasteiger partial charge >= 0.3 is 0 Å². The van der Waals surface area contributed by atoms with Crippen LogP contribution in [0.15, 0.2) is 18.2 Å². The molecule has 1 aromatic rings. The van der Waals surface area contributed by atoms with E-state index in [2.05, 4.69) is 10.6 Å². The summed E-state index contributed by atoms with van der Waals surface area (Å²) in [5.74, 6) is 0.577. The number of amides is 1. The number of nitrogens with one attached hydrogen (secondary N) is 2. The minimum atomic E-state index is -0.0586. The monoisotopic (exact) mass is 284 g/mol. The van der Waals surface area contributed by atoms with E-state index < -0.39 is 0 Å². The maximum Gasteiger partial charge on any atom is 0.226 e. The van der Waals surface area contributed by atoms with Crippen LogP contribution >= 0.6 is 11.6 Å². The second-order valence-electron chi connectivity index (χ2n) is 4.28. The van der Waals surface area contributed by atoms with Gasteiger partial charge in [-0.1, -0.05) is 18.5 Å². The lowest BCUT2D eigenvalue weighted by molar-refractivity contribution is -0.116. The molecule has 0 aromatic heterocycles. The molecule has 1 unspecified atom stereocenters. The topological polar surface area (TPSA) is 50.4 Å². The lowest BCUT2D eigenvalue weighted by atomic mass is 10.2. The molecule has 0 heterocycles. The van der Waals surface area contributed by atoms with Crippen molar-refractivity contribution < 1.29 is 9.53 Å². The summed E-state index contributed by atoms with van der Waals surface area (Å²) < 4.78 is 5.46. The van der Waals surface area contributed by atoms with E-state index in [0.717, 1.165) is 6.54 Å². The highest BCUT2D eigenvalue weighted by Crippen LogP contribution is 2.28. The van der Waals surface area contributed by atoms with E-state index in [1.54, 1.807) is 18.2 Å². The first-order valence-electron chi connectivity index (χ1n) is 6.52. The van der Waals surface area contributed by atoms with Gasteiger partial charge in [-0.25, -0.2) is 0 Å². The number of hydrogen-bond acceptors (Lipinski definition) is 3. The maximum atomic E-state index is 11.9. The number of ether oxygens (including phenoxy) is 1. The van der Waals surface area contributed by atoms with Crippen molar-refractivity contribution in [3.63, 3.8) is 0 Å². The van der Waals surface area contributed by atoms with Gasteiger partial charge in [0.1, 0.15) is 5.75 Å². The van der Waals surface area contributed by atoms with E-state index in [0.29, 0.717) is 29.5 Å². The Balaban J connectivity index is 2.69. The summed E-state index contributed by atoms with van der Waals surface area (Å²) >= 11 is 5.94. The van der Waals surface area contributed by atoms with Gasteiger partial charge in [-0.2, -0.15) is 0 Å². The molecule has 4 nitrogen and oxygen atoms in total. The number of carbonyl (C=O) groups is 1. The number of carbonyl (C=O) groups excluding carboxylic acids is 1. The molecule has 0 fully saturated rings. The van der Waals surface area contributed by atoms with Crippen molar-refractivity contribution in [2.24, 2.45) is 0 Å². The first kappa shape index (κ1) is 15.8. The standard InChI is InChI=1S/C14H21ClN2O2/c1-4-16-10(3)8-14(18)17-12-9-11(15)6-7-13(12)19-5-2/h6-7,9-10,16H,4-5,8H2,1-3H3,(H,17,18). The van der Waals surface area contributed by atoms with Crippen LogP contribution in [0.5, 0.6) is 5.75 Å². The molecule has 0 aliphatic carbocycles. The van der Waals surface area contributed by atoms with E-state index in [1.165, 1.54) is 0 Å². The lowest BCUT2D eigenvalue weighted by Crippen LogP contribution is -2.30. The van der Waals surface area contributed by atoms with Crippen molar-refractivity contribution in [1.82, 2.24) is 5.32 Å². The molecule has 5 heteroatoms. The van der Waals surface area contributed by atoms with E-state index in [9.17, 15) is 4.79 Å². The third-order valence-electron chi connectivity index (χ3n) is 2.56. The third-order valence-corrected chi connectivity index (χ3v) is 2.79. The van der Waals surface area contributed by atoms with Crippen LogP contribution in [0.2, 0.25) is 5.02 Å². The first-order chi connectivity index (χ1) is 9.06. The summed E-state index contributed by atoms with van der Waals surface area (Å²) in [6.45, 7) is 7.27. The summed E-state index contributed by atoms with van der Waals surface area (Å²) in [5.41, 5.74) is 0.614. The van der Waals surface area contributed by atoms with E-state index in [4.69, 9.17) is 16.3 Å². The fourth-order valence-electron chi connectivity index (χ4n) is 1.78. The van der Waals surface area contributed by atoms with Crippen LogP contribution in [0, 0.1) is 0 Å². The molecule has 106 valence electrons. The van der Waals surface area contributed by atoms with Gasteiger partial charge in [0.05, 0.1) is 12.3 Å². The molecule has 0 saturated carbocycles. The highest BCUT2D eigenvalue weighted by molar-refractivity contribution is 6.31. The second kappa shape index (κ2) is 8.02. The van der Waals surface area contributed by atoms with Gasteiger partial charge < -0.3 is 15.4 Å². The van der Waals surface area contributed by atoms with Crippen molar-refractivity contribution >= 4 is 23.2 Å². The first-order valence-corrected chi connectivity index (χ1v) is 6.90. The Kier molecular flexibility index (Phi) is 6.67. The summed E-state index contributed by atoms with van der Waals surface area (Å²) in [6, 6.07) is 5.33. The highest BCUT2D eigenvalue weighted by Gasteiger charge is 2.11. The van der Waals surface area contributed by atoms with Crippen LogP contribution in [-0.2, 0) is 4.79 Å². The molecular formula is C14H21ClN2O2. The maximum absolute atomic E-state index is 11.9. The summed E-state index contributed by atoms with van der Waals surface area (Å²) in [7, 11) is 0. The van der Waals surface area contributed by atoms with Gasteiger partial charge in [0.25, 0.3) is 0 Å². The van der Waals surface area contributed by atoms with Crippen LogP contribution in [0.1, 0.15) is 27.2 Å². The van der Waals surface area contributed by atoms with Gasteiger partial charge in [-0.3, -0.25) is 4.79 Å². The molecule has 1 amide bonds. The fourth-order valence-corrected chi connectivity index (χ4v) is 1.95. The zero-order chi connectivity index (χ0) is 14.3. The number of hydrogen-bond donors (Lipinski definition) is 2. The molecule has 19 heavy (non-hydrogen) atoms. The minimum Gasteiger partial charge on any atom is -0.492 e. The average molecular weight is 285 g/mol. The van der Waals surface area contributed by atoms with Crippen LogP contribution in [-0.4, -0.2) is 25.1 Å². The molecule has 0 bridgehead atoms. The highest BCUT2D eigenvalue weighted by atomic mass is 35.5. The van der Waals surface area contributed by atoms with Crippen molar-refractivity contribution in [1.29, 1.82) is 0 Å². The molecule has 0 spiro atoms. The number of anilines is 1. The van der Waals surface area contributed by atoms with Gasteiger partial charge in [0.15, 0.2) is 0 Å². The largest absolute Gasteiger partial charge is 0.492 e. The predicted octanol–water partition coefficient (Wildman–Crippen LogP) is 3.07. The molecule has 0 aliphatic rings. The van der Waals surface area contributed by atoms with E-state index >= 15 is 0 Å². The predicted molar refractivity (Wildman–Crippen MR) is 79.0 cm³/mol. The Morgan fingerprint density at radius 1 is 1.42 bits per heavy atom. The molecule has 0 saturated heterocycles. The lowest BCUT2D eigenvalue weighted by Gasteiger charge is -2.14. The Bertz CT molecular complexity index is 424. The van der Waals surface area contributed by atoms with Crippen LogP contribution in [0.3, 0.4) is 0 Å². The normalized spacial score (nSPS) is 12.0. The number of benzene rings is 1. The van der Waals surface area contributed by atoms with Gasteiger partial charge in [-0.05, 0) is 38.6 Å². The Hall–Kier alpha value is -1.26. The Morgan fingerprint density at radius 3 is 2.79 bits per heavy atom. The summed E-state index contributed by atoms with van der Waals surface area (Å²) in [5, 5.41) is 6.60. The Morgan fingerprint density at radius 2 is 2.16 bits per heavy atom. The number of rotatable bonds is 7. The minimum absolute atomic E-state index is 0.0586. The second-order valence-corrected chi connectivity index (χ2v) is 4.72. The summed E-state index contributed by atoms with van der Waals surface area (Å²) in [4.78, 5) is 11.9. The van der Waals surface area contributed by atoms with Gasteiger partial charge in [-0.15, -0.1) is 0 Å². The molecule has 0 aliphatic heterocycles. The van der Waals surface area contributed by atoms with Crippen LogP contribution in [0.25, 0.3) is 0 Å². The van der Waals surface area contributed by atoms with Crippen molar-refractivity contribution in [3.8, 4) is 5.75 Å². The van der Waals surface area contributed by atoms with Crippen molar-refractivity contribution in [2.45, 2.75) is 33.2 Å². The molecule has 1 aromatic carbocycles. The molecule has 0 radical (unpaired) electrons. The quantitative estimate of drug-likeness (QED) is 0.809. The zero-order valence-electron chi connectivity index (χ0n) is 11.6.